The second-order valence-corrected chi connectivity index (χ2v) is 5.58. The molecule has 0 saturated heterocycles. The van der Waals surface area contributed by atoms with Gasteiger partial charge in [0, 0.05) is 41.4 Å². The Morgan fingerprint density at radius 1 is 1.19 bits per heavy atom. The van der Waals surface area contributed by atoms with Gasteiger partial charge < -0.3 is 19.6 Å². The van der Waals surface area contributed by atoms with E-state index in [2.05, 4.69) is 19.9 Å². The van der Waals surface area contributed by atoms with E-state index in [1.807, 2.05) is 12.1 Å². The number of H-pyrrole nitrogens is 1. The van der Waals surface area contributed by atoms with Crippen LogP contribution in [0.3, 0.4) is 0 Å². The molecule has 0 atom stereocenters. The van der Waals surface area contributed by atoms with Crippen LogP contribution in [-0.4, -0.2) is 38.1 Å². The van der Waals surface area contributed by atoms with Crippen molar-refractivity contribution in [3.8, 4) is 11.8 Å². The highest BCUT2D eigenvalue weighted by molar-refractivity contribution is 6.11. The molecule has 130 valence electrons. The average molecular weight is 350 g/mol. The smallest absolute Gasteiger partial charge is 0.354 e. The van der Waals surface area contributed by atoms with Crippen LogP contribution in [0.5, 0.6) is 11.8 Å². The summed E-state index contributed by atoms with van der Waals surface area (Å²) in [4.78, 5) is 26.9. The summed E-state index contributed by atoms with van der Waals surface area (Å²) in [5.74, 6) is -0.556. The van der Waals surface area contributed by atoms with Crippen molar-refractivity contribution in [1.82, 2.24) is 19.9 Å². The first-order chi connectivity index (χ1) is 12.7. The van der Waals surface area contributed by atoms with Crippen LogP contribution < -0.4 is 4.74 Å². The number of hydrogen-bond acceptors (Lipinski definition) is 6. The molecule has 8 nitrogen and oxygen atoms in total. The Kier molecular flexibility index (Phi) is 3.94. The van der Waals surface area contributed by atoms with E-state index >= 15 is 0 Å². The number of benzene rings is 1. The van der Waals surface area contributed by atoms with Crippen LogP contribution in [0.4, 0.5) is 0 Å². The fourth-order valence-corrected chi connectivity index (χ4v) is 2.92. The number of nitrogens with zero attached hydrogens (tertiary/aromatic N) is 3. The molecule has 2 N–H and O–H groups in total. The second kappa shape index (κ2) is 6.41. The minimum atomic E-state index is -1.10. The lowest BCUT2D eigenvalue weighted by Gasteiger charge is -2.07. The standard InChI is InChI=1S/C18H14N4O4/c1-25-9-12-15-11-7-10(26-18-19-5-2-6-20-18)3-4-13(11)22-14(15)8-21-16(12)17(23)24/h2-8,22H,9H2,1H3,(H,23,24). The minimum Gasteiger partial charge on any atom is -0.477 e. The van der Waals surface area contributed by atoms with Gasteiger partial charge in [0.1, 0.15) is 5.75 Å². The molecule has 1 aromatic carbocycles. The lowest BCUT2D eigenvalue weighted by atomic mass is 10.1. The molecule has 26 heavy (non-hydrogen) atoms. The first-order valence-corrected chi connectivity index (χ1v) is 7.78. The zero-order valence-corrected chi connectivity index (χ0v) is 13.8. The van der Waals surface area contributed by atoms with E-state index in [1.165, 1.54) is 13.3 Å². The predicted octanol–water partition coefficient (Wildman–Crippen LogP) is 3.14. The summed E-state index contributed by atoms with van der Waals surface area (Å²) in [7, 11) is 1.51. The molecule has 0 aliphatic rings. The molecule has 3 heterocycles. The van der Waals surface area contributed by atoms with Crippen molar-refractivity contribution >= 4 is 27.8 Å². The molecule has 0 spiro atoms. The van der Waals surface area contributed by atoms with Gasteiger partial charge in [-0.3, -0.25) is 0 Å². The third-order valence-corrected chi connectivity index (χ3v) is 3.95. The average Bonchev–Trinajstić information content (AvgIpc) is 3.01. The lowest BCUT2D eigenvalue weighted by Crippen LogP contribution is -2.07. The third kappa shape index (κ3) is 2.72. The van der Waals surface area contributed by atoms with Crippen molar-refractivity contribution in [3.63, 3.8) is 0 Å². The first kappa shape index (κ1) is 16.0. The van der Waals surface area contributed by atoms with Crippen LogP contribution in [-0.2, 0) is 11.3 Å². The molecular weight excluding hydrogens is 336 g/mol. The Hall–Kier alpha value is -3.52. The van der Waals surface area contributed by atoms with Gasteiger partial charge in [0.05, 0.1) is 18.3 Å². The Labute approximate surface area is 147 Å². The number of aromatic nitrogens is 4. The van der Waals surface area contributed by atoms with Gasteiger partial charge in [-0.1, -0.05) is 0 Å². The summed E-state index contributed by atoms with van der Waals surface area (Å²) in [6.45, 7) is 0.131. The van der Waals surface area contributed by atoms with E-state index in [4.69, 9.17) is 9.47 Å². The zero-order valence-electron chi connectivity index (χ0n) is 13.8. The summed E-state index contributed by atoms with van der Waals surface area (Å²) in [5, 5.41) is 11.0. The normalized spacial score (nSPS) is 11.1. The van der Waals surface area contributed by atoms with E-state index < -0.39 is 5.97 Å². The molecule has 0 unspecified atom stereocenters. The van der Waals surface area contributed by atoms with E-state index in [9.17, 15) is 9.90 Å². The van der Waals surface area contributed by atoms with Gasteiger partial charge in [-0.05, 0) is 24.3 Å². The summed E-state index contributed by atoms with van der Waals surface area (Å²) >= 11 is 0. The number of carboxylic acids is 1. The van der Waals surface area contributed by atoms with Crippen molar-refractivity contribution in [2.24, 2.45) is 0 Å². The predicted molar refractivity (Wildman–Crippen MR) is 93.4 cm³/mol. The van der Waals surface area contributed by atoms with Crippen LogP contribution in [0.15, 0.2) is 42.9 Å². The summed E-state index contributed by atoms with van der Waals surface area (Å²) in [5.41, 5.74) is 2.04. The molecule has 4 aromatic rings. The number of carboxylic acid groups (broad SMARTS) is 1. The van der Waals surface area contributed by atoms with Crippen LogP contribution in [0.2, 0.25) is 0 Å². The molecule has 0 bridgehead atoms. The van der Waals surface area contributed by atoms with E-state index in [-0.39, 0.29) is 18.3 Å². The summed E-state index contributed by atoms with van der Waals surface area (Å²) < 4.78 is 10.9. The number of ether oxygens (including phenoxy) is 2. The molecule has 4 rings (SSSR count). The van der Waals surface area contributed by atoms with Crippen LogP contribution >= 0.6 is 0 Å². The Balaban J connectivity index is 1.91. The van der Waals surface area contributed by atoms with Gasteiger partial charge in [-0.25, -0.2) is 19.7 Å². The quantitative estimate of drug-likeness (QED) is 0.569. The highest BCUT2D eigenvalue weighted by Crippen LogP contribution is 2.33. The van der Waals surface area contributed by atoms with Crippen molar-refractivity contribution in [2.75, 3.05) is 7.11 Å². The Bertz CT molecular complexity index is 1110. The number of aromatic amines is 1. The molecule has 8 heteroatoms. The van der Waals surface area contributed by atoms with E-state index in [0.717, 1.165) is 21.8 Å². The zero-order chi connectivity index (χ0) is 18.1. The van der Waals surface area contributed by atoms with Gasteiger partial charge in [-0.2, -0.15) is 0 Å². The highest BCUT2D eigenvalue weighted by Gasteiger charge is 2.19. The first-order valence-electron chi connectivity index (χ1n) is 7.78. The van der Waals surface area contributed by atoms with E-state index in [1.54, 1.807) is 24.5 Å². The lowest BCUT2D eigenvalue weighted by molar-refractivity contribution is 0.0685. The number of fused-ring (bicyclic) bond motifs is 3. The summed E-state index contributed by atoms with van der Waals surface area (Å²) in [6, 6.07) is 7.39. The van der Waals surface area contributed by atoms with Gasteiger partial charge in [-0.15, -0.1) is 0 Å². The number of methoxy groups -OCH3 is 1. The largest absolute Gasteiger partial charge is 0.477 e. The van der Waals surface area contributed by atoms with Crippen molar-refractivity contribution < 1.29 is 19.4 Å². The molecule has 0 amide bonds. The topological polar surface area (TPSA) is 110 Å². The molecular formula is C18H14N4O4. The number of nitrogens with one attached hydrogen (secondary N) is 1. The molecule has 0 radical (unpaired) electrons. The highest BCUT2D eigenvalue weighted by atomic mass is 16.5. The number of carbonyl (C=O) groups is 1. The maximum absolute atomic E-state index is 11.5. The number of rotatable bonds is 5. The molecule has 3 aromatic heterocycles. The molecule has 0 fully saturated rings. The summed E-state index contributed by atoms with van der Waals surface area (Å²) in [6.07, 6.45) is 4.70. The van der Waals surface area contributed by atoms with Crippen LogP contribution in [0, 0.1) is 0 Å². The molecule has 0 aliphatic heterocycles. The Morgan fingerprint density at radius 2 is 2.00 bits per heavy atom. The minimum absolute atomic E-state index is 0.0297. The van der Waals surface area contributed by atoms with Gasteiger partial charge >= 0.3 is 12.0 Å². The maximum Gasteiger partial charge on any atom is 0.354 e. The fourth-order valence-electron chi connectivity index (χ4n) is 2.92. The van der Waals surface area contributed by atoms with Crippen molar-refractivity contribution in [2.45, 2.75) is 6.61 Å². The second-order valence-electron chi connectivity index (χ2n) is 5.58. The monoisotopic (exact) mass is 350 g/mol. The van der Waals surface area contributed by atoms with Crippen molar-refractivity contribution in [3.05, 3.63) is 54.1 Å². The third-order valence-electron chi connectivity index (χ3n) is 3.95. The van der Waals surface area contributed by atoms with Crippen LogP contribution in [0.25, 0.3) is 21.8 Å². The fraction of sp³-hybridized carbons (Fsp3) is 0.111. The molecule has 0 aliphatic carbocycles. The van der Waals surface area contributed by atoms with Crippen LogP contribution in [0.1, 0.15) is 16.1 Å². The number of aromatic carboxylic acids is 1. The maximum atomic E-state index is 11.5. The van der Waals surface area contributed by atoms with Crippen molar-refractivity contribution in [1.29, 1.82) is 0 Å². The van der Waals surface area contributed by atoms with E-state index in [0.29, 0.717) is 11.3 Å². The van der Waals surface area contributed by atoms with Gasteiger partial charge in [0.2, 0.25) is 0 Å². The number of pyridine rings is 1. The Morgan fingerprint density at radius 3 is 2.73 bits per heavy atom. The SMILES string of the molecule is COCc1c(C(=O)O)ncc2[nH]c3ccc(Oc4ncccn4)cc3c12. The molecule has 0 saturated carbocycles. The van der Waals surface area contributed by atoms with Gasteiger partial charge in [0.15, 0.2) is 5.69 Å². The number of hydrogen-bond donors (Lipinski definition) is 2. The van der Waals surface area contributed by atoms with Gasteiger partial charge in [0.25, 0.3) is 0 Å².